The normalized spacial score (nSPS) is 29.1. The van der Waals surface area contributed by atoms with Crippen LogP contribution in [-0.4, -0.2) is 40.2 Å². The summed E-state index contributed by atoms with van der Waals surface area (Å²) in [5.74, 6) is -2.57. The number of rotatable bonds is 6. The first-order chi connectivity index (χ1) is 13.0. The fraction of sp³-hybridized carbons (Fsp3) is 0.400. The Morgan fingerprint density at radius 1 is 1.07 bits per heavy atom. The number of amides is 3. The number of imide groups is 1. The van der Waals surface area contributed by atoms with Gasteiger partial charge in [0.05, 0.1) is 24.3 Å². The Balaban J connectivity index is 1.61. The van der Waals surface area contributed by atoms with E-state index in [1.165, 1.54) is 4.90 Å². The van der Waals surface area contributed by atoms with E-state index in [1.807, 2.05) is 18.2 Å². The number of benzene rings is 1. The Bertz CT molecular complexity index is 804. The van der Waals surface area contributed by atoms with Crippen LogP contribution in [0.2, 0.25) is 0 Å². The summed E-state index contributed by atoms with van der Waals surface area (Å²) in [6.45, 7) is -0.498. The standard InChI is InChI=1S/C20H20N2O5/c23-15(21-10-16(24)25)9-14(11-4-2-1-3-5-11)22-19(26)17-12-6-7-13(8-12)18(17)20(22)27/h1-7,12-14,17-18H,8-10H2,(H,21,23)(H,24,25). The molecule has 1 aromatic rings. The Kier molecular flexibility index (Phi) is 4.30. The molecule has 1 heterocycles. The van der Waals surface area contributed by atoms with Crippen molar-refractivity contribution in [2.45, 2.75) is 18.9 Å². The van der Waals surface area contributed by atoms with Gasteiger partial charge < -0.3 is 10.4 Å². The van der Waals surface area contributed by atoms with E-state index >= 15 is 0 Å². The van der Waals surface area contributed by atoms with Crippen molar-refractivity contribution in [3.05, 3.63) is 48.0 Å². The number of fused-ring (bicyclic) bond motifs is 5. The minimum absolute atomic E-state index is 0.0960. The van der Waals surface area contributed by atoms with E-state index in [1.54, 1.807) is 24.3 Å². The first-order valence-corrected chi connectivity index (χ1v) is 9.06. The van der Waals surface area contributed by atoms with Gasteiger partial charge in [0.25, 0.3) is 0 Å². The molecule has 0 radical (unpaired) electrons. The Morgan fingerprint density at radius 2 is 1.67 bits per heavy atom. The molecule has 3 aliphatic rings. The van der Waals surface area contributed by atoms with E-state index in [2.05, 4.69) is 5.32 Å². The predicted octanol–water partition coefficient (Wildman–Crippen LogP) is 1.13. The zero-order valence-corrected chi connectivity index (χ0v) is 14.6. The number of allylic oxidation sites excluding steroid dienone is 2. The molecule has 7 heteroatoms. The summed E-state index contributed by atoms with van der Waals surface area (Å²) < 4.78 is 0. The highest BCUT2D eigenvalue weighted by atomic mass is 16.4. The summed E-state index contributed by atoms with van der Waals surface area (Å²) in [7, 11) is 0. The first-order valence-electron chi connectivity index (χ1n) is 9.06. The molecule has 4 rings (SSSR count). The molecule has 140 valence electrons. The highest BCUT2D eigenvalue weighted by Crippen LogP contribution is 2.54. The Labute approximate surface area is 156 Å². The number of nitrogens with one attached hydrogen (secondary N) is 1. The molecule has 2 aliphatic carbocycles. The molecular weight excluding hydrogens is 348 g/mol. The second-order valence-corrected chi connectivity index (χ2v) is 7.35. The van der Waals surface area contributed by atoms with Crippen LogP contribution >= 0.6 is 0 Å². The van der Waals surface area contributed by atoms with Crippen molar-refractivity contribution in [3.63, 3.8) is 0 Å². The van der Waals surface area contributed by atoms with Gasteiger partial charge in [0.1, 0.15) is 6.54 Å². The topological polar surface area (TPSA) is 104 Å². The number of aliphatic carboxylic acids is 1. The summed E-state index contributed by atoms with van der Waals surface area (Å²) in [5.41, 5.74) is 0.685. The molecule has 1 aromatic carbocycles. The first kappa shape index (κ1) is 17.5. The average Bonchev–Trinajstić information content (AvgIpc) is 3.33. The third-order valence-corrected chi connectivity index (χ3v) is 5.82. The van der Waals surface area contributed by atoms with Gasteiger partial charge in [-0.05, 0) is 23.8 Å². The smallest absolute Gasteiger partial charge is 0.322 e. The van der Waals surface area contributed by atoms with Crippen LogP contribution in [0, 0.1) is 23.7 Å². The van der Waals surface area contributed by atoms with Crippen molar-refractivity contribution in [3.8, 4) is 0 Å². The van der Waals surface area contributed by atoms with Crippen molar-refractivity contribution in [2.24, 2.45) is 23.7 Å². The van der Waals surface area contributed by atoms with E-state index in [0.717, 1.165) is 6.42 Å². The minimum atomic E-state index is -1.15. The van der Waals surface area contributed by atoms with Gasteiger partial charge in [-0.15, -0.1) is 0 Å². The summed E-state index contributed by atoms with van der Waals surface area (Å²) in [6.07, 6.45) is 4.74. The van der Waals surface area contributed by atoms with Crippen molar-refractivity contribution < 1.29 is 24.3 Å². The molecule has 2 N–H and O–H groups in total. The zero-order chi connectivity index (χ0) is 19.1. The monoisotopic (exact) mass is 368 g/mol. The SMILES string of the molecule is O=C(O)CNC(=O)CC(c1ccccc1)N1C(=O)C2C3C=CC(C3)C2C1=O. The molecule has 2 bridgehead atoms. The van der Waals surface area contributed by atoms with Gasteiger partial charge in [-0.3, -0.25) is 24.1 Å². The van der Waals surface area contributed by atoms with Gasteiger partial charge in [-0.1, -0.05) is 42.5 Å². The maximum absolute atomic E-state index is 13.1. The van der Waals surface area contributed by atoms with Crippen LogP contribution in [0.4, 0.5) is 0 Å². The van der Waals surface area contributed by atoms with Crippen LogP contribution in [0.5, 0.6) is 0 Å². The lowest BCUT2D eigenvalue weighted by Gasteiger charge is -2.28. The number of carboxylic acid groups (broad SMARTS) is 1. The van der Waals surface area contributed by atoms with Crippen molar-refractivity contribution in [1.29, 1.82) is 0 Å². The van der Waals surface area contributed by atoms with Gasteiger partial charge >= 0.3 is 5.97 Å². The Hall–Kier alpha value is -2.96. The zero-order valence-electron chi connectivity index (χ0n) is 14.6. The lowest BCUT2D eigenvalue weighted by atomic mass is 9.85. The fourth-order valence-electron chi connectivity index (χ4n) is 4.69. The number of hydrogen-bond acceptors (Lipinski definition) is 4. The van der Waals surface area contributed by atoms with Gasteiger partial charge in [-0.25, -0.2) is 0 Å². The highest BCUT2D eigenvalue weighted by molar-refractivity contribution is 6.07. The van der Waals surface area contributed by atoms with E-state index in [9.17, 15) is 19.2 Å². The summed E-state index contributed by atoms with van der Waals surface area (Å²) >= 11 is 0. The average molecular weight is 368 g/mol. The van der Waals surface area contributed by atoms with Crippen LogP contribution < -0.4 is 5.32 Å². The molecule has 7 nitrogen and oxygen atoms in total. The molecule has 5 unspecified atom stereocenters. The second-order valence-electron chi connectivity index (χ2n) is 7.35. The largest absolute Gasteiger partial charge is 0.480 e. The molecule has 27 heavy (non-hydrogen) atoms. The van der Waals surface area contributed by atoms with Gasteiger partial charge in [0, 0.05) is 0 Å². The molecule has 0 aromatic heterocycles. The van der Waals surface area contributed by atoms with Crippen molar-refractivity contribution in [1.82, 2.24) is 10.2 Å². The molecule has 0 spiro atoms. The van der Waals surface area contributed by atoms with Gasteiger partial charge in [-0.2, -0.15) is 0 Å². The molecule has 3 amide bonds. The van der Waals surface area contributed by atoms with Crippen LogP contribution in [0.25, 0.3) is 0 Å². The third-order valence-electron chi connectivity index (χ3n) is 5.82. The maximum Gasteiger partial charge on any atom is 0.322 e. The number of carboxylic acids is 1. The summed E-state index contributed by atoms with van der Waals surface area (Å²) in [6, 6.07) is 8.21. The number of likely N-dealkylation sites (tertiary alicyclic amines) is 1. The number of carbonyl (C=O) groups is 4. The fourth-order valence-corrected chi connectivity index (χ4v) is 4.69. The van der Waals surface area contributed by atoms with Gasteiger partial charge in [0.15, 0.2) is 0 Å². The molecule has 1 saturated heterocycles. The van der Waals surface area contributed by atoms with Crippen molar-refractivity contribution in [2.75, 3.05) is 6.54 Å². The second kappa shape index (κ2) is 6.64. The predicted molar refractivity (Wildman–Crippen MR) is 94.0 cm³/mol. The summed E-state index contributed by atoms with van der Waals surface area (Å²) in [4.78, 5) is 50.4. The molecule has 5 atom stereocenters. The quantitative estimate of drug-likeness (QED) is 0.579. The van der Waals surface area contributed by atoms with Crippen LogP contribution in [0.15, 0.2) is 42.5 Å². The van der Waals surface area contributed by atoms with E-state index < -0.39 is 24.5 Å². The third kappa shape index (κ3) is 2.93. The molecular formula is C20H20N2O5. The minimum Gasteiger partial charge on any atom is -0.480 e. The van der Waals surface area contributed by atoms with Crippen LogP contribution in [0.3, 0.4) is 0 Å². The van der Waals surface area contributed by atoms with Crippen LogP contribution in [-0.2, 0) is 19.2 Å². The highest BCUT2D eigenvalue weighted by Gasteiger charge is 2.60. The van der Waals surface area contributed by atoms with E-state index in [-0.39, 0.29) is 41.9 Å². The summed E-state index contributed by atoms with van der Waals surface area (Å²) in [5, 5.41) is 11.1. The molecule has 1 aliphatic heterocycles. The number of nitrogens with zero attached hydrogens (tertiary/aromatic N) is 1. The number of hydrogen-bond donors (Lipinski definition) is 2. The van der Waals surface area contributed by atoms with Gasteiger partial charge in [0.2, 0.25) is 17.7 Å². The lowest BCUT2D eigenvalue weighted by Crippen LogP contribution is -2.40. The van der Waals surface area contributed by atoms with E-state index in [0.29, 0.717) is 5.56 Å². The molecule has 1 saturated carbocycles. The number of carbonyl (C=O) groups excluding carboxylic acids is 3. The van der Waals surface area contributed by atoms with Crippen LogP contribution in [0.1, 0.15) is 24.4 Å². The Morgan fingerprint density at radius 3 is 2.22 bits per heavy atom. The lowest BCUT2D eigenvalue weighted by molar-refractivity contribution is -0.145. The van der Waals surface area contributed by atoms with Crippen molar-refractivity contribution >= 4 is 23.7 Å². The van der Waals surface area contributed by atoms with E-state index in [4.69, 9.17) is 5.11 Å². The molecule has 2 fully saturated rings. The maximum atomic E-state index is 13.1.